The van der Waals surface area contributed by atoms with Gasteiger partial charge in [0.1, 0.15) is 19.3 Å². The Bertz CT molecular complexity index is 1870. The predicted molar refractivity (Wildman–Crippen MR) is 391 cm³/mol. The summed E-state index contributed by atoms with van der Waals surface area (Å²) in [6.45, 7) is 4.98. The zero-order chi connectivity index (χ0) is 70.4. The lowest BCUT2D eigenvalue weighted by Crippen LogP contribution is -2.30. The molecule has 0 radical (unpaired) electrons. The molecule has 96 heavy (non-hydrogen) atoms. The normalized spacial score (nSPS) is 13.9. The van der Waals surface area contributed by atoms with E-state index in [9.17, 15) is 43.2 Å². The molecule has 3 N–H and O–H groups in total. The number of hydrogen-bond acceptors (Lipinski definition) is 15. The standard InChI is InChI=1S/C77H148O17P2/c1-5-9-13-17-21-25-29-33-35-39-42-46-50-54-58-62-75(80)88-68-72(93-76(81)63-59-55-51-47-43-38-32-28-24-20-16-12-8-4)69-91-95(83,84)89-65-71(78)66-90-96(85,86)92-70-73(67-87-74(79)61-57-53-49-45-41-37-31-27-23-19-15-11-7-3)94-77(82)64-60-56-52-48-44-40-36-34-30-26-22-18-14-10-6-2/h25,29,71-73,78H,5-24,26-28,30-70H2,1-4H3,(H,83,84)(H,85,86)/b29-25-/t71-,72-,73-/m1/s1. The van der Waals surface area contributed by atoms with E-state index in [-0.39, 0.29) is 25.7 Å². The average Bonchev–Trinajstić information content (AvgIpc) is 1.17. The lowest BCUT2D eigenvalue weighted by molar-refractivity contribution is -0.161. The van der Waals surface area contributed by atoms with Crippen molar-refractivity contribution in [2.24, 2.45) is 0 Å². The summed E-state index contributed by atoms with van der Waals surface area (Å²) >= 11 is 0. The van der Waals surface area contributed by atoms with Gasteiger partial charge in [0.2, 0.25) is 0 Å². The maximum atomic E-state index is 13.1. The topological polar surface area (TPSA) is 237 Å². The quantitative estimate of drug-likeness (QED) is 0.0169. The second-order valence-electron chi connectivity index (χ2n) is 27.4. The van der Waals surface area contributed by atoms with Crippen molar-refractivity contribution in [2.45, 2.75) is 418 Å². The number of carbonyl (C=O) groups is 4. The molecule has 5 atom stereocenters. The van der Waals surface area contributed by atoms with Crippen molar-refractivity contribution in [3.8, 4) is 0 Å². The molecular weight excluding hydrogens is 1260 g/mol. The Kier molecular flexibility index (Phi) is 69.6. The third kappa shape index (κ3) is 70.2. The largest absolute Gasteiger partial charge is 0.472 e. The van der Waals surface area contributed by atoms with Gasteiger partial charge < -0.3 is 33.8 Å². The molecule has 0 amide bonds. The van der Waals surface area contributed by atoms with Gasteiger partial charge in [-0.2, -0.15) is 0 Å². The number of esters is 4. The van der Waals surface area contributed by atoms with Gasteiger partial charge in [-0.15, -0.1) is 0 Å². The predicted octanol–water partition coefficient (Wildman–Crippen LogP) is 22.8. The van der Waals surface area contributed by atoms with Crippen molar-refractivity contribution < 1.29 is 80.2 Å². The first-order valence-corrected chi connectivity index (χ1v) is 42.9. The second-order valence-corrected chi connectivity index (χ2v) is 30.3. The van der Waals surface area contributed by atoms with Crippen LogP contribution in [0.5, 0.6) is 0 Å². The van der Waals surface area contributed by atoms with Crippen molar-refractivity contribution in [1.29, 1.82) is 0 Å². The Morgan fingerprint density at radius 3 is 0.729 bits per heavy atom. The Morgan fingerprint density at radius 1 is 0.281 bits per heavy atom. The minimum absolute atomic E-state index is 0.106. The first-order valence-electron chi connectivity index (χ1n) is 39.9. The molecule has 0 aliphatic heterocycles. The van der Waals surface area contributed by atoms with E-state index < -0.39 is 97.5 Å². The molecule has 0 heterocycles. The lowest BCUT2D eigenvalue weighted by Gasteiger charge is -2.21. The Morgan fingerprint density at radius 2 is 0.479 bits per heavy atom. The molecule has 0 aliphatic rings. The molecule has 17 nitrogen and oxygen atoms in total. The Balaban J connectivity index is 5.27. The molecule has 0 fully saturated rings. The fourth-order valence-corrected chi connectivity index (χ4v) is 13.2. The maximum Gasteiger partial charge on any atom is 0.472 e. The van der Waals surface area contributed by atoms with E-state index in [0.717, 1.165) is 109 Å². The maximum absolute atomic E-state index is 13.1. The Hall–Kier alpha value is -2.20. The van der Waals surface area contributed by atoms with Crippen LogP contribution in [-0.4, -0.2) is 96.7 Å². The molecule has 0 saturated carbocycles. The highest BCUT2D eigenvalue weighted by atomic mass is 31.2. The van der Waals surface area contributed by atoms with Gasteiger partial charge in [-0.05, 0) is 51.4 Å². The molecule has 19 heteroatoms. The molecule has 0 saturated heterocycles. The number of rotatable bonds is 77. The van der Waals surface area contributed by atoms with Crippen LogP contribution in [0.1, 0.15) is 400 Å². The lowest BCUT2D eigenvalue weighted by atomic mass is 10.0. The van der Waals surface area contributed by atoms with Gasteiger partial charge in [-0.1, -0.05) is 335 Å². The first kappa shape index (κ1) is 93.8. The van der Waals surface area contributed by atoms with Crippen molar-refractivity contribution in [2.75, 3.05) is 39.6 Å². The summed E-state index contributed by atoms with van der Waals surface area (Å²) in [6.07, 6.45) is 63.2. The fourth-order valence-electron chi connectivity index (χ4n) is 11.6. The average molecular weight is 1410 g/mol. The number of unbranched alkanes of at least 4 members (excludes halogenated alkanes) is 49. The van der Waals surface area contributed by atoms with Gasteiger partial charge in [0, 0.05) is 25.7 Å². The van der Waals surface area contributed by atoms with Gasteiger partial charge in [0.05, 0.1) is 26.4 Å². The van der Waals surface area contributed by atoms with Crippen LogP contribution in [0, 0.1) is 0 Å². The van der Waals surface area contributed by atoms with Crippen molar-refractivity contribution >= 4 is 39.5 Å². The van der Waals surface area contributed by atoms with E-state index in [1.54, 1.807) is 0 Å². The van der Waals surface area contributed by atoms with Crippen LogP contribution in [0.3, 0.4) is 0 Å². The molecule has 0 aliphatic carbocycles. The van der Waals surface area contributed by atoms with E-state index in [1.807, 2.05) is 0 Å². The zero-order valence-electron chi connectivity index (χ0n) is 62.1. The minimum Gasteiger partial charge on any atom is -0.462 e. The second kappa shape index (κ2) is 71.2. The zero-order valence-corrected chi connectivity index (χ0v) is 63.9. The highest BCUT2D eigenvalue weighted by molar-refractivity contribution is 7.47. The van der Waals surface area contributed by atoms with Crippen LogP contribution < -0.4 is 0 Å². The Labute approximate surface area is 587 Å². The van der Waals surface area contributed by atoms with E-state index in [0.29, 0.717) is 25.7 Å². The van der Waals surface area contributed by atoms with Crippen LogP contribution in [0.25, 0.3) is 0 Å². The summed E-state index contributed by atoms with van der Waals surface area (Å²) in [5.74, 6) is -2.12. The number of carbonyl (C=O) groups excluding carboxylic acids is 4. The van der Waals surface area contributed by atoms with E-state index in [2.05, 4.69) is 39.8 Å². The number of aliphatic hydroxyl groups is 1. The number of hydrogen-bond donors (Lipinski definition) is 3. The summed E-state index contributed by atoms with van der Waals surface area (Å²) in [5.41, 5.74) is 0. The van der Waals surface area contributed by atoms with Gasteiger partial charge in [0.25, 0.3) is 0 Å². The molecule has 0 bridgehead atoms. The number of phosphoric ester groups is 2. The van der Waals surface area contributed by atoms with Gasteiger partial charge >= 0.3 is 39.5 Å². The van der Waals surface area contributed by atoms with Crippen LogP contribution in [0.2, 0.25) is 0 Å². The summed E-state index contributed by atoms with van der Waals surface area (Å²) in [6, 6.07) is 0. The number of allylic oxidation sites excluding steroid dienone is 2. The molecule has 0 aromatic carbocycles. The number of aliphatic hydroxyl groups excluding tert-OH is 1. The van der Waals surface area contributed by atoms with Gasteiger partial charge in [-0.3, -0.25) is 37.3 Å². The molecular formula is C77H148O17P2. The summed E-state index contributed by atoms with van der Waals surface area (Å²) < 4.78 is 68.6. The van der Waals surface area contributed by atoms with E-state index in [1.165, 1.54) is 212 Å². The van der Waals surface area contributed by atoms with Crippen LogP contribution in [-0.2, 0) is 65.4 Å². The summed E-state index contributed by atoms with van der Waals surface area (Å²) in [7, 11) is -9.92. The van der Waals surface area contributed by atoms with Crippen molar-refractivity contribution in [1.82, 2.24) is 0 Å². The monoisotopic (exact) mass is 1410 g/mol. The highest BCUT2D eigenvalue weighted by Gasteiger charge is 2.30. The number of ether oxygens (including phenoxy) is 4. The van der Waals surface area contributed by atoms with Gasteiger partial charge in [-0.25, -0.2) is 9.13 Å². The SMILES string of the molecule is CCCCCC/C=C\CCCCCCCCCC(=O)OC[C@H](COP(=O)(O)OC[C@@H](O)COP(=O)(O)OC[C@@H](COC(=O)CCCCCCCCCCCCCCC)OC(=O)CCCCCCCCCCCCCCCCC)OC(=O)CCCCCCCCCCCCCCC. The van der Waals surface area contributed by atoms with Crippen LogP contribution in [0.4, 0.5) is 0 Å². The third-order valence-electron chi connectivity index (χ3n) is 17.8. The van der Waals surface area contributed by atoms with Crippen LogP contribution in [0.15, 0.2) is 12.2 Å². The third-order valence-corrected chi connectivity index (χ3v) is 19.7. The summed E-state index contributed by atoms with van der Waals surface area (Å²) in [5, 5.41) is 10.6. The molecule has 2 unspecified atom stereocenters. The first-order chi connectivity index (χ1) is 46.7. The van der Waals surface area contributed by atoms with Crippen molar-refractivity contribution in [3.05, 3.63) is 12.2 Å². The smallest absolute Gasteiger partial charge is 0.462 e. The summed E-state index contributed by atoms with van der Waals surface area (Å²) in [4.78, 5) is 72.9. The molecule has 0 spiro atoms. The molecule has 0 rings (SSSR count). The fraction of sp³-hybridized carbons (Fsp3) is 0.922. The van der Waals surface area contributed by atoms with Gasteiger partial charge in [0.15, 0.2) is 12.2 Å². The molecule has 568 valence electrons. The molecule has 0 aromatic heterocycles. The van der Waals surface area contributed by atoms with Crippen molar-refractivity contribution in [3.63, 3.8) is 0 Å². The van der Waals surface area contributed by atoms with E-state index in [4.69, 9.17) is 37.0 Å². The van der Waals surface area contributed by atoms with E-state index >= 15 is 0 Å². The van der Waals surface area contributed by atoms with Crippen LogP contribution >= 0.6 is 15.6 Å². The highest BCUT2D eigenvalue weighted by Crippen LogP contribution is 2.45. The molecule has 0 aromatic rings. The minimum atomic E-state index is -4.96. The number of phosphoric acid groups is 2.